The Morgan fingerprint density at radius 2 is 1.76 bits per heavy atom. The first-order valence-electron chi connectivity index (χ1n) is 7.11. The summed E-state index contributed by atoms with van der Waals surface area (Å²) in [4.78, 5) is 0. The van der Waals surface area contributed by atoms with Gasteiger partial charge in [-0.05, 0) is 13.3 Å². The van der Waals surface area contributed by atoms with Gasteiger partial charge in [0, 0.05) is 19.7 Å². The van der Waals surface area contributed by atoms with Gasteiger partial charge in [-0.2, -0.15) is 0 Å². The highest BCUT2D eigenvalue weighted by Gasteiger charge is 2.00. The monoisotopic (exact) mass is 245 g/mol. The molecular weight excluding hydrogens is 214 g/mol. The summed E-state index contributed by atoms with van der Waals surface area (Å²) >= 11 is 0. The average Bonchev–Trinajstić information content (AvgIpc) is 2.33. The highest BCUT2D eigenvalue weighted by atomic mass is 16.5. The van der Waals surface area contributed by atoms with Crippen molar-refractivity contribution in [1.29, 1.82) is 0 Å². The molecule has 0 aromatic heterocycles. The molecule has 104 valence electrons. The van der Waals surface area contributed by atoms with Crippen molar-refractivity contribution in [1.82, 2.24) is 5.32 Å². The van der Waals surface area contributed by atoms with Gasteiger partial charge in [-0.15, -0.1) is 0 Å². The largest absolute Gasteiger partial charge is 0.382 e. The molecule has 3 heteroatoms. The van der Waals surface area contributed by atoms with Gasteiger partial charge in [-0.3, -0.25) is 0 Å². The second-order valence-electron chi connectivity index (χ2n) is 4.66. The van der Waals surface area contributed by atoms with Gasteiger partial charge in [0.15, 0.2) is 0 Å². The third kappa shape index (κ3) is 13.8. The average molecular weight is 245 g/mol. The van der Waals surface area contributed by atoms with E-state index in [1.54, 1.807) is 7.11 Å². The molecule has 0 aliphatic carbocycles. The Balaban J connectivity index is 3.09. The lowest BCUT2D eigenvalue weighted by Gasteiger charge is -2.13. The molecule has 0 spiro atoms. The van der Waals surface area contributed by atoms with Crippen molar-refractivity contribution < 1.29 is 9.47 Å². The molecule has 0 aliphatic rings. The van der Waals surface area contributed by atoms with Crippen LogP contribution in [0, 0.1) is 0 Å². The standard InChI is InChI=1S/C14H31NO2/c1-4-5-6-7-8-9-14(2)15-10-11-17-13-12-16-3/h14-15H,4-13H2,1-3H3. The normalized spacial score (nSPS) is 12.9. The molecule has 0 aromatic rings. The summed E-state index contributed by atoms with van der Waals surface area (Å²) in [5, 5.41) is 3.48. The minimum atomic E-state index is 0.614. The van der Waals surface area contributed by atoms with Crippen LogP contribution in [0.1, 0.15) is 52.4 Å². The molecule has 0 bridgehead atoms. The molecular formula is C14H31NO2. The Labute approximate surface area is 107 Å². The summed E-state index contributed by atoms with van der Waals surface area (Å²) in [7, 11) is 1.70. The fourth-order valence-corrected chi connectivity index (χ4v) is 1.78. The number of ether oxygens (including phenoxy) is 2. The summed E-state index contributed by atoms with van der Waals surface area (Å²) in [6.45, 7) is 7.63. The molecule has 0 amide bonds. The third-order valence-electron chi connectivity index (χ3n) is 2.91. The van der Waals surface area contributed by atoms with Crippen LogP contribution in [0.15, 0.2) is 0 Å². The quantitative estimate of drug-likeness (QED) is 0.506. The third-order valence-corrected chi connectivity index (χ3v) is 2.91. The highest BCUT2D eigenvalue weighted by molar-refractivity contribution is 4.60. The van der Waals surface area contributed by atoms with Crippen molar-refractivity contribution in [2.75, 3.05) is 33.5 Å². The van der Waals surface area contributed by atoms with Crippen molar-refractivity contribution in [3.05, 3.63) is 0 Å². The van der Waals surface area contributed by atoms with E-state index in [2.05, 4.69) is 19.2 Å². The lowest BCUT2D eigenvalue weighted by atomic mass is 10.1. The number of methoxy groups -OCH3 is 1. The molecule has 1 atom stereocenters. The van der Waals surface area contributed by atoms with E-state index in [0.29, 0.717) is 19.3 Å². The summed E-state index contributed by atoms with van der Waals surface area (Å²) in [5.41, 5.74) is 0. The molecule has 0 aliphatic heterocycles. The van der Waals surface area contributed by atoms with Crippen molar-refractivity contribution >= 4 is 0 Å². The second-order valence-corrected chi connectivity index (χ2v) is 4.66. The zero-order chi connectivity index (χ0) is 12.8. The van der Waals surface area contributed by atoms with Crippen molar-refractivity contribution in [3.63, 3.8) is 0 Å². The van der Waals surface area contributed by atoms with E-state index in [1.807, 2.05) is 0 Å². The molecule has 3 nitrogen and oxygen atoms in total. The molecule has 17 heavy (non-hydrogen) atoms. The Hall–Kier alpha value is -0.120. The number of nitrogens with one attached hydrogen (secondary N) is 1. The minimum absolute atomic E-state index is 0.614. The van der Waals surface area contributed by atoms with Gasteiger partial charge in [0.1, 0.15) is 0 Å². The van der Waals surface area contributed by atoms with Crippen LogP contribution in [0.25, 0.3) is 0 Å². The van der Waals surface area contributed by atoms with Crippen LogP contribution in [-0.4, -0.2) is 39.5 Å². The highest BCUT2D eigenvalue weighted by Crippen LogP contribution is 2.06. The van der Waals surface area contributed by atoms with Crippen LogP contribution < -0.4 is 5.32 Å². The van der Waals surface area contributed by atoms with Gasteiger partial charge in [-0.1, -0.05) is 39.0 Å². The molecule has 0 fully saturated rings. The minimum Gasteiger partial charge on any atom is -0.382 e. The molecule has 0 radical (unpaired) electrons. The lowest BCUT2D eigenvalue weighted by Crippen LogP contribution is -2.29. The van der Waals surface area contributed by atoms with Crippen molar-refractivity contribution in [2.45, 2.75) is 58.4 Å². The number of rotatable bonds is 13. The predicted octanol–water partition coefficient (Wildman–Crippen LogP) is 2.99. The van der Waals surface area contributed by atoms with Gasteiger partial charge in [0.25, 0.3) is 0 Å². The maximum absolute atomic E-state index is 5.39. The smallest absolute Gasteiger partial charge is 0.0700 e. The zero-order valence-electron chi connectivity index (χ0n) is 12.0. The van der Waals surface area contributed by atoms with Gasteiger partial charge >= 0.3 is 0 Å². The van der Waals surface area contributed by atoms with Crippen LogP contribution in [0.4, 0.5) is 0 Å². The summed E-state index contributed by atoms with van der Waals surface area (Å²) < 4.78 is 10.3. The van der Waals surface area contributed by atoms with Gasteiger partial charge in [0.2, 0.25) is 0 Å². The first-order valence-corrected chi connectivity index (χ1v) is 7.11. The predicted molar refractivity (Wildman–Crippen MR) is 73.5 cm³/mol. The van der Waals surface area contributed by atoms with E-state index in [9.17, 15) is 0 Å². The molecule has 0 saturated carbocycles. The SMILES string of the molecule is CCCCCCCC(C)NCCOCCOC. The van der Waals surface area contributed by atoms with Crippen LogP contribution in [-0.2, 0) is 9.47 Å². The fourth-order valence-electron chi connectivity index (χ4n) is 1.78. The van der Waals surface area contributed by atoms with Crippen molar-refractivity contribution in [3.8, 4) is 0 Å². The number of unbranched alkanes of at least 4 members (excludes halogenated alkanes) is 4. The molecule has 1 unspecified atom stereocenters. The summed E-state index contributed by atoms with van der Waals surface area (Å²) in [6.07, 6.45) is 8.11. The van der Waals surface area contributed by atoms with Crippen LogP contribution in [0.3, 0.4) is 0 Å². The molecule has 0 heterocycles. The van der Waals surface area contributed by atoms with Gasteiger partial charge in [0.05, 0.1) is 19.8 Å². The van der Waals surface area contributed by atoms with E-state index in [0.717, 1.165) is 13.2 Å². The maximum Gasteiger partial charge on any atom is 0.0700 e. The van der Waals surface area contributed by atoms with E-state index < -0.39 is 0 Å². The van der Waals surface area contributed by atoms with Crippen LogP contribution in [0.5, 0.6) is 0 Å². The Kier molecular flexibility index (Phi) is 13.8. The Morgan fingerprint density at radius 1 is 1.00 bits per heavy atom. The van der Waals surface area contributed by atoms with E-state index >= 15 is 0 Å². The molecule has 1 N–H and O–H groups in total. The first-order chi connectivity index (χ1) is 8.31. The van der Waals surface area contributed by atoms with Gasteiger partial charge < -0.3 is 14.8 Å². The second kappa shape index (κ2) is 13.9. The van der Waals surface area contributed by atoms with Gasteiger partial charge in [-0.25, -0.2) is 0 Å². The number of hydrogen-bond donors (Lipinski definition) is 1. The number of hydrogen-bond acceptors (Lipinski definition) is 3. The van der Waals surface area contributed by atoms with E-state index in [-0.39, 0.29) is 0 Å². The lowest BCUT2D eigenvalue weighted by molar-refractivity contribution is 0.0711. The van der Waals surface area contributed by atoms with Crippen molar-refractivity contribution in [2.24, 2.45) is 0 Å². The van der Waals surface area contributed by atoms with E-state index in [1.165, 1.54) is 38.5 Å². The first kappa shape index (κ1) is 16.9. The van der Waals surface area contributed by atoms with Crippen LogP contribution in [0.2, 0.25) is 0 Å². The Morgan fingerprint density at radius 3 is 2.47 bits per heavy atom. The maximum atomic E-state index is 5.39. The Bertz CT molecular complexity index is 142. The molecule has 0 saturated heterocycles. The summed E-state index contributed by atoms with van der Waals surface area (Å²) in [5.74, 6) is 0. The molecule has 0 aromatic carbocycles. The molecule has 0 rings (SSSR count). The summed E-state index contributed by atoms with van der Waals surface area (Å²) in [6, 6.07) is 0.614. The topological polar surface area (TPSA) is 30.5 Å². The van der Waals surface area contributed by atoms with E-state index in [4.69, 9.17) is 9.47 Å². The van der Waals surface area contributed by atoms with Crippen LogP contribution >= 0.6 is 0 Å². The fraction of sp³-hybridized carbons (Fsp3) is 1.00. The zero-order valence-corrected chi connectivity index (χ0v) is 12.0.